The Morgan fingerprint density at radius 2 is 1.78 bits per heavy atom. The van der Waals surface area contributed by atoms with Crippen LogP contribution in [0.4, 0.5) is 0 Å². The molecule has 2 unspecified atom stereocenters. The van der Waals surface area contributed by atoms with Gasteiger partial charge in [-0.1, -0.05) is 41.5 Å². The molecular formula is C16H34N2. The number of nitrogens with two attached hydrogens (primary N) is 1. The zero-order chi connectivity index (χ0) is 14.2. The summed E-state index contributed by atoms with van der Waals surface area (Å²) in [5.74, 6) is 0.778. The van der Waals surface area contributed by atoms with Crippen LogP contribution in [0.2, 0.25) is 0 Å². The Balaban J connectivity index is 2.90. The van der Waals surface area contributed by atoms with Crippen LogP contribution in [0.5, 0.6) is 0 Å². The lowest BCUT2D eigenvalue weighted by atomic mass is 9.63. The van der Waals surface area contributed by atoms with Crippen LogP contribution < -0.4 is 5.73 Å². The van der Waals surface area contributed by atoms with Crippen molar-refractivity contribution < 1.29 is 0 Å². The highest BCUT2D eigenvalue weighted by atomic mass is 15.2. The van der Waals surface area contributed by atoms with E-state index in [9.17, 15) is 0 Å². The fourth-order valence-corrected chi connectivity index (χ4v) is 4.18. The first kappa shape index (κ1) is 16.0. The topological polar surface area (TPSA) is 29.3 Å². The molecule has 0 aromatic carbocycles. The van der Waals surface area contributed by atoms with Crippen molar-refractivity contribution in [1.29, 1.82) is 0 Å². The van der Waals surface area contributed by atoms with Gasteiger partial charge in [-0.05, 0) is 43.1 Å². The molecule has 1 fully saturated rings. The number of rotatable bonds is 3. The van der Waals surface area contributed by atoms with Crippen LogP contribution in [0, 0.1) is 16.7 Å². The fraction of sp³-hybridized carbons (Fsp3) is 1.00. The van der Waals surface area contributed by atoms with Crippen LogP contribution >= 0.6 is 0 Å². The fourth-order valence-electron chi connectivity index (χ4n) is 4.18. The van der Waals surface area contributed by atoms with Gasteiger partial charge in [0.15, 0.2) is 0 Å². The minimum Gasteiger partial charge on any atom is -0.329 e. The van der Waals surface area contributed by atoms with Crippen molar-refractivity contribution >= 4 is 0 Å². The van der Waals surface area contributed by atoms with Gasteiger partial charge in [0.25, 0.3) is 0 Å². The summed E-state index contributed by atoms with van der Waals surface area (Å²) in [5.41, 5.74) is 7.16. The highest BCUT2D eigenvalue weighted by molar-refractivity contribution is 5.00. The predicted molar refractivity (Wildman–Crippen MR) is 80.7 cm³/mol. The molecule has 0 spiro atoms. The van der Waals surface area contributed by atoms with E-state index in [4.69, 9.17) is 5.73 Å². The van der Waals surface area contributed by atoms with E-state index in [-0.39, 0.29) is 5.54 Å². The number of likely N-dealkylation sites (N-methyl/N-ethyl adjacent to an activating group) is 1. The molecule has 1 aliphatic rings. The van der Waals surface area contributed by atoms with Crippen molar-refractivity contribution in [2.45, 2.75) is 66.3 Å². The van der Waals surface area contributed by atoms with Gasteiger partial charge in [-0.25, -0.2) is 0 Å². The number of hydrogen-bond acceptors (Lipinski definition) is 2. The first-order valence-corrected chi connectivity index (χ1v) is 7.41. The first-order chi connectivity index (χ1) is 8.00. The third-order valence-electron chi connectivity index (χ3n) is 4.34. The molecule has 0 aromatic heterocycles. The normalized spacial score (nSPS) is 32.8. The highest BCUT2D eigenvalue weighted by Crippen LogP contribution is 2.46. The number of nitrogens with zero attached hydrogens (tertiary/aromatic N) is 1. The van der Waals surface area contributed by atoms with E-state index < -0.39 is 0 Å². The van der Waals surface area contributed by atoms with Crippen molar-refractivity contribution in [3.05, 3.63) is 0 Å². The van der Waals surface area contributed by atoms with Crippen molar-refractivity contribution in [3.63, 3.8) is 0 Å². The summed E-state index contributed by atoms with van der Waals surface area (Å²) in [6.07, 6.45) is 3.81. The molecule has 1 aliphatic carbocycles. The number of hydrogen-bond donors (Lipinski definition) is 1. The van der Waals surface area contributed by atoms with Crippen molar-refractivity contribution in [1.82, 2.24) is 4.90 Å². The first-order valence-electron chi connectivity index (χ1n) is 7.41. The SMILES string of the molecule is CC1CC(C)(C)CC(CN)(N(C)CC(C)(C)C)C1. The zero-order valence-corrected chi connectivity index (χ0v) is 13.6. The van der Waals surface area contributed by atoms with E-state index >= 15 is 0 Å². The minimum absolute atomic E-state index is 0.203. The minimum atomic E-state index is 0.203. The monoisotopic (exact) mass is 254 g/mol. The summed E-state index contributed by atoms with van der Waals surface area (Å²) >= 11 is 0. The lowest BCUT2D eigenvalue weighted by Gasteiger charge is -2.53. The summed E-state index contributed by atoms with van der Waals surface area (Å²) in [6, 6.07) is 0. The molecule has 0 radical (unpaired) electrons. The maximum atomic E-state index is 6.20. The molecule has 108 valence electrons. The van der Waals surface area contributed by atoms with Crippen LogP contribution in [0.15, 0.2) is 0 Å². The smallest absolute Gasteiger partial charge is 0.0336 e. The predicted octanol–water partition coefficient (Wildman–Crippen LogP) is 3.51. The van der Waals surface area contributed by atoms with Gasteiger partial charge in [-0.2, -0.15) is 0 Å². The second-order valence-corrected chi connectivity index (χ2v) is 8.70. The maximum absolute atomic E-state index is 6.20. The van der Waals surface area contributed by atoms with Gasteiger partial charge in [-0.3, -0.25) is 4.90 Å². The summed E-state index contributed by atoms with van der Waals surface area (Å²) < 4.78 is 0. The van der Waals surface area contributed by atoms with Gasteiger partial charge in [0.2, 0.25) is 0 Å². The Morgan fingerprint density at radius 1 is 1.22 bits per heavy atom. The molecule has 18 heavy (non-hydrogen) atoms. The van der Waals surface area contributed by atoms with E-state index in [1.807, 2.05) is 0 Å². The molecule has 0 aromatic rings. The molecule has 2 atom stereocenters. The van der Waals surface area contributed by atoms with Gasteiger partial charge in [0, 0.05) is 18.6 Å². The standard InChI is InChI=1S/C16H34N2/c1-13-8-15(5,6)10-16(9-13,11-17)18(7)12-14(2,3)4/h13H,8-12,17H2,1-7H3. The molecule has 0 heterocycles. The third-order valence-corrected chi connectivity index (χ3v) is 4.34. The zero-order valence-electron chi connectivity index (χ0n) is 13.6. The summed E-state index contributed by atoms with van der Waals surface area (Å²) in [4.78, 5) is 2.55. The van der Waals surface area contributed by atoms with Crippen LogP contribution in [0.25, 0.3) is 0 Å². The van der Waals surface area contributed by atoms with Gasteiger partial charge in [0.05, 0.1) is 0 Å². The maximum Gasteiger partial charge on any atom is 0.0336 e. The van der Waals surface area contributed by atoms with E-state index in [0.717, 1.165) is 19.0 Å². The van der Waals surface area contributed by atoms with Gasteiger partial charge >= 0.3 is 0 Å². The lowest BCUT2D eigenvalue weighted by molar-refractivity contribution is -0.0115. The van der Waals surface area contributed by atoms with E-state index in [2.05, 4.69) is 53.5 Å². The van der Waals surface area contributed by atoms with Crippen LogP contribution in [-0.4, -0.2) is 30.6 Å². The molecule has 0 saturated heterocycles. The molecular weight excluding hydrogens is 220 g/mol. The average Bonchev–Trinajstić information content (AvgIpc) is 2.11. The Labute approximate surface area is 114 Å². The molecule has 0 amide bonds. The molecule has 2 N–H and O–H groups in total. The third kappa shape index (κ3) is 3.96. The van der Waals surface area contributed by atoms with Gasteiger partial charge in [-0.15, -0.1) is 0 Å². The Hall–Kier alpha value is -0.0800. The average molecular weight is 254 g/mol. The second kappa shape index (κ2) is 5.13. The van der Waals surface area contributed by atoms with Crippen LogP contribution in [0.1, 0.15) is 60.8 Å². The van der Waals surface area contributed by atoms with Crippen molar-refractivity contribution in [3.8, 4) is 0 Å². The summed E-state index contributed by atoms with van der Waals surface area (Å²) in [7, 11) is 2.27. The van der Waals surface area contributed by atoms with E-state index in [0.29, 0.717) is 10.8 Å². The van der Waals surface area contributed by atoms with Gasteiger partial charge in [0.1, 0.15) is 0 Å². The molecule has 0 aliphatic heterocycles. The van der Waals surface area contributed by atoms with Crippen LogP contribution in [-0.2, 0) is 0 Å². The largest absolute Gasteiger partial charge is 0.329 e. The van der Waals surface area contributed by atoms with Gasteiger partial charge < -0.3 is 5.73 Å². The highest BCUT2D eigenvalue weighted by Gasteiger charge is 2.44. The summed E-state index contributed by atoms with van der Waals surface area (Å²) in [5, 5.41) is 0. The van der Waals surface area contributed by atoms with E-state index in [1.165, 1.54) is 19.3 Å². The quantitative estimate of drug-likeness (QED) is 0.835. The van der Waals surface area contributed by atoms with Crippen molar-refractivity contribution in [2.75, 3.05) is 20.1 Å². The molecule has 1 rings (SSSR count). The summed E-state index contributed by atoms with van der Waals surface area (Å²) in [6.45, 7) is 16.0. The van der Waals surface area contributed by atoms with Crippen molar-refractivity contribution in [2.24, 2.45) is 22.5 Å². The molecule has 2 heteroatoms. The Bertz CT molecular complexity index is 277. The van der Waals surface area contributed by atoms with Crippen LogP contribution in [0.3, 0.4) is 0 Å². The molecule has 2 nitrogen and oxygen atoms in total. The Morgan fingerprint density at radius 3 is 2.17 bits per heavy atom. The van der Waals surface area contributed by atoms with E-state index in [1.54, 1.807) is 0 Å². The second-order valence-electron chi connectivity index (χ2n) is 8.70. The lowest BCUT2D eigenvalue weighted by Crippen LogP contribution is -2.59. The Kier molecular flexibility index (Phi) is 4.55. The molecule has 1 saturated carbocycles. The molecule has 0 bridgehead atoms.